The maximum absolute atomic E-state index is 9.52. The molecule has 0 atom stereocenters. The summed E-state index contributed by atoms with van der Waals surface area (Å²) in [6, 6.07) is 0. The summed E-state index contributed by atoms with van der Waals surface area (Å²) >= 11 is 3.40. The molecule has 0 aromatic rings. The highest BCUT2D eigenvalue weighted by atomic mass is 32.1. The minimum atomic E-state index is -1.07. The van der Waals surface area contributed by atoms with Gasteiger partial charge in [-0.3, -0.25) is 11.7 Å². The van der Waals surface area contributed by atoms with Crippen molar-refractivity contribution in [2.45, 2.75) is 0 Å². The Hall–Kier alpha value is -0.520. The quantitative estimate of drug-likeness (QED) is 0.167. The molecule has 4 nitrogen and oxygen atoms in total. The predicted octanol–water partition coefficient (Wildman–Crippen LogP) is -0.667. The Kier molecular flexibility index (Phi) is 8.47. The number of thiol groups is 1. The molecule has 8 heavy (non-hydrogen) atoms. The van der Waals surface area contributed by atoms with Crippen LogP contribution >= 0.6 is 12.6 Å². The molecule has 0 aliphatic heterocycles. The van der Waals surface area contributed by atoms with E-state index in [1.165, 1.54) is 0 Å². The van der Waals surface area contributed by atoms with Crippen LogP contribution in [0.25, 0.3) is 0 Å². The van der Waals surface area contributed by atoms with Crippen molar-refractivity contribution >= 4 is 18.6 Å². The average Bonchev–Trinajstić information content (AvgIpc) is 1.72. The zero-order valence-electron chi connectivity index (χ0n) is 4.16. The summed E-state index contributed by atoms with van der Waals surface area (Å²) in [7, 11) is 0. The van der Waals surface area contributed by atoms with Crippen molar-refractivity contribution in [1.82, 2.24) is 0 Å². The number of aliphatic carboxylic acids is 1. The lowest BCUT2D eigenvalue weighted by molar-refractivity contribution is -0.131. The second kappa shape index (κ2) is 6.48. The lowest BCUT2D eigenvalue weighted by atomic mass is 10.7. The van der Waals surface area contributed by atoms with Gasteiger partial charge in [-0.25, -0.2) is 4.79 Å². The van der Waals surface area contributed by atoms with E-state index in [9.17, 15) is 4.79 Å². The van der Waals surface area contributed by atoms with Crippen LogP contribution in [0.3, 0.4) is 0 Å². The Morgan fingerprint density at radius 1 is 1.62 bits per heavy atom. The monoisotopic (exact) mass is 136 g/mol. The summed E-state index contributed by atoms with van der Waals surface area (Å²) in [4.78, 5) is 9.39. The molecule has 0 bridgehead atoms. The molecule has 0 saturated carbocycles. The van der Waals surface area contributed by atoms with Gasteiger partial charge in [-0.05, 0) is 0 Å². The number of hydrazine groups is 1. The lowest BCUT2D eigenvalue weighted by Gasteiger charge is -1.78. The van der Waals surface area contributed by atoms with Gasteiger partial charge in [0, 0.05) is 0 Å². The van der Waals surface area contributed by atoms with Crippen molar-refractivity contribution in [2.75, 3.05) is 0 Å². The normalized spacial score (nSPS) is 6.38. The lowest BCUT2D eigenvalue weighted by Crippen LogP contribution is -2.02. The van der Waals surface area contributed by atoms with Gasteiger partial charge in [-0.1, -0.05) is 6.58 Å². The van der Waals surface area contributed by atoms with Crippen molar-refractivity contribution in [2.24, 2.45) is 11.7 Å². The van der Waals surface area contributed by atoms with Crippen molar-refractivity contribution < 1.29 is 9.90 Å². The first-order valence-electron chi connectivity index (χ1n) is 1.59. The fourth-order valence-corrected chi connectivity index (χ4v) is 0. The van der Waals surface area contributed by atoms with Crippen LogP contribution in [0, 0.1) is 0 Å². The zero-order chi connectivity index (χ0) is 7.15. The molecule has 0 aromatic heterocycles. The van der Waals surface area contributed by atoms with Gasteiger partial charge in [0.05, 0.1) is 4.91 Å². The summed E-state index contributed by atoms with van der Waals surface area (Å²) in [6.07, 6.45) is 0. The minimum absolute atomic E-state index is 0.130. The molecule has 0 aromatic carbocycles. The SMILES string of the molecule is C=C(S)C(=O)O.NN. The summed E-state index contributed by atoms with van der Waals surface area (Å²) in [5.74, 6) is 6.93. The van der Waals surface area contributed by atoms with Crippen molar-refractivity contribution in [1.29, 1.82) is 0 Å². The van der Waals surface area contributed by atoms with E-state index in [1.807, 2.05) is 0 Å². The topological polar surface area (TPSA) is 89.3 Å². The van der Waals surface area contributed by atoms with Gasteiger partial charge in [0.25, 0.3) is 0 Å². The number of nitrogens with two attached hydrogens (primary N) is 2. The zero-order valence-corrected chi connectivity index (χ0v) is 5.06. The Morgan fingerprint density at radius 2 is 1.75 bits per heavy atom. The first kappa shape index (κ1) is 10.5. The molecule has 5 heteroatoms. The molecule has 0 spiro atoms. The molecular formula is C3H8N2O2S. The number of hydrogen-bond donors (Lipinski definition) is 4. The number of carboxylic acids is 1. The van der Waals surface area contributed by atoms with E-state index in [0.717, 1.165) is 0 Å². The van der Waals surface area contributed by atoms with Gasteiger partial charge in [0.1, 0.15) is 0 Å². The predicted molar refractivity (Wildman–Crippen MR) is 34.1 cm³/mol. The highest BCUT2D eigenvalue weighted by Crippen LogP contribution is 1.91. The second-order valence-corrected chi connectivity index (χ2v) is 1.29. The largest absolute Gasteiger partial charge is 0.477 e. The Labute approximate surface area is 52.5 Å². The Balaban J connectivity index is 0. The fourth-order valence-electron chi connectivity index (χ4n) is 0. The Morgan fingerprint density at radius 3 is 1.75 bits per heavy atom. The van der Waals surface area contributed by atoms with Gasteiger partial charge in [0.15, 0.2) is 0 Å². The van der Waals surface area contributed by atoms with E-state index in [0.29, 0.717) is 0 Å². The molecule has 0 unspecified atom stereocenters. The highest BCUT2D eigenvalue weighted by molar-refractivity contribution is 7.85. The van der Waals surface area contributed by atoms with Gasteiger partial charge < -0.3 is 5.11 Å². The number of hydrogen-bond acceptors (Lipinski definition) is 4. The standard InChI is InChI=1S/C3H4O2S.H4N2/c1-2(6)3(4)5;1-2/h6H,1H2,(H,4,5);1-2H2. The van der Waals surface area contributed by atoms with Crippen LogP contribution in [0.5, 0.6) is 0 Å². The maximum atomic E-state index is 9.52. The smallest absolute Gasteiger partial charge is 0.341 e. The molecule has 0 fully saturated rings. The molecule has 0 saturated heterocycles. The van der Waals surface area contributed by atoms with Gasteiger partial charge >= 0.3 is 5.97 Å². The molecule has 0 heterocycles. The van der Waals surface area contributed by atoms with Crippen LogP contribution < -0.4 is 11.7 Å². The van der Waals surface area contributed by atoms with Crippen LogP contribution in [0.1, 0.15) is 0 Å². The van der Waals surface area contributed by atoms with E-state index in [4.69, 9.17) is 5.11 Å². The molecule has 5 N–H and O–H groups in total. The van der Waals surface area contributed by atoms with E-state index >= 15 is 0 Å². The average molecular weight is 136 g/mol. The molecular weight excluding hydrogens is 128 g/mol. The number of carboxylic acid groups (broad SMARTS) is 1. The first-order chi connectivity index (χ1) is 3.64. The number of carbonyl (C=O) groups is 1. The third kappa shape index (κ3) is 9.08. The van der Waals surface area contributed by atoms with Crippen molar-refractivity contribution in [3.63, 3.8) is 0 Å². The molecule has 0 radical (unpaired) electrons. The summed E-state index contributed by atoms with van der Waals surface area (Å²) in [5.41, 5.74) is 0. The van der Waals surface area contributed by atoms with Crippen LogP contribution in [-0.2, 0) is 4.79 Å². The van der Waals surface area contributed by atoms with E-state index in [2.05, 4.69) is 30.9 Å². The summed E-state index contributed by atoms with van der Waals surface area (Å²) < 4.78 is 0. The maximum Gasteiger partial charge on any atom is 0.341 e. The third-order valence-electron chi connectivity index (χ3n) is 0.247. The third-order valence-corrected chi connectivity index (χ3v) is 0.438. The van der Waals surface area contributed by atoms with Crippen LogP contribution in [0.15, 0.2) is 11.5 Å². The first-order valence-corrected chi connectivity index (χ1v) is 2.04. The fraction of sp³-hybridized carbons (Fsp3) is 0. The van der Waals surface area contributed by atoms with Crippen LogP contribution in [-0.4, -0.2) is 11.1 Å². The summed E-state index contributed by atoms with van der Waals surface area (Å²) in [5, 5.41) is 7.81. The molecule has 0 aliphatic rings. The Bertz CT molecular complexity index is 81.3. The van der Waals surface area contributed by atoms with Gasteiger partial charge in [-0.15, -0.1) is 12.6 Å². The molecule has 0 aliphatic carbocycles. The van der Waals surface area contributed by atoms with Crippen molar-refractivity contribution in [3.8, 4) is 0 Å². The number of rotatable bonds is 1. The van der Waals surface area contributed by atoms with Crippen LogP contribution in [0.4, 0.5) is 0 Å². The van der Waals surface area contributed by atoms with Gasteiger partial charge in [0.2, 0.25) is 0 Å². The van der Waals surface area contributed by atoms with Crippen LogP contribution in [0.2, 0.25) is 0 Å². The van der Waals surface area contributed by atoms with E-state index < -0.39 is 5.97 Å². The van der Waals surface area contributed by atoms with E-state index in [-0.39, 0.29) is 4.91 Å². The molecule has 0 amide bonds. The second-order valence-electron chi connectivity index (χ2n) is 0.752. The molecule has 48 valence electrons. The summed E-state index contributed by atoms with van der Waals surface area (Å²) in [6.45, 7) is 3.02. The van der Waals surface area contributed by atoms with Crippen molar-refractivity contribution in [3.05, 3.63) is 11.5 Å². The minimum Gasteiger partial charge on any atom is -0.477 e. The van der Waals surface area contributed by atoms with E-state index in [1.54, 1.807) is 0 Å². The van der Waals surface area contributed by atoms with Gasteiger partial charge in [-0.2, -0.15) is 0 Å². The molecule has 0 rings (SSSR count). The highest BCUT2D eigenvalue weighted by Gasteiger charge is 1.91.